The van der Waals surface area contributed by atoms with Crippen molar-refractivity contribution < 1.29 is 19.4 Å². The first-order chi connectivity index (χ1) is 11.5. The Morgan fingerprint density at radius 1 is 1.42 bits per heavy atom. The van der Waals surface area contributed by atoms with Gasteiger partial charge in [-0.2, -0.15) is 0 Å². The monoisotopic (exact) mass is 389 g/mol. The van der Waals surface area contributed by atoms with E-state index in [1.807, 2.05) is 30.3 Å². The molecule has 0 radical (unpaired) electrons. The molecule has 1 spiro atoms. The van der Waals surface area contributed by atoms with Crippen LogP contribution in [0.1, 0.15) is 6.42 Å². The quantitative estimate of drug-likeness (QED) is 0.803. The van der Waals surface area contributed by atoms with E-state index < -0.39 is 29.5 Å². The van der Waals surface area contributed by atoms with Crippen molar-refractivity contribution >= 4 is 33.5 Å². The number of rotatable bonds is 4. The molecule has 0 unspecified atom stereocenters. The minimum atomic E-state index is -0.986. The molecule has 3 heterocycles. The number of amides is 1. The van der Waals surface area contributed by atoms with Crippen LogP contribution in [0.4, 0.5) is 5.69 Å². The normalized spacial score (nSPS) is 36.2. The van der Waals surface area contributed by atoms with E-state index >= 15 is 0 Å². The topological polar surface area (TPSA) is 66.8 Å². The first-order valence-electron chi connectivity index (χ1n) is 7.79. The van der Waals surface area contributed by atoms with Gasteiger partial charge in [0.2, 0.25) is 5.91 Å². The van der Waals surface area contributed by atoms with E-state index in [-0.39, 0.29) is 11.9 Å². The van der Waals surface area contributed by atoms with Gasteiger partial charge in [0.1, 0.15) is 11.5 Å². The van der Waals surface area contributed by atoms with Gasteiger partial charge in [0.05, 0.1) is 18.1 Å². The largest absolute Gasteiger partial charge is 0.481 e. The Labute approximate surface area is 147 Å². The van der Waals surface area contributed by atoms with Crippen LogP contribution < -0.4 is 4.90 Å². The van der Waals surface area contributed by atoms with Crippen molar-refractivity contribution in [2.24, 2.45) is 11.8 Å². The molecule has 2 fully saturated rings. The van der Waals surface area contributed by atoms with Crippen molar-refractivity contribution in [1.29, 1.82) is 0 Å². The highest BCUT2D eigenvalue weighted by Crippen LogP contribution is 2.56. The highest BCUT2D eigenvalue weighted by molar-refractivity contribution is 9.10. The molecule has 2 saturated heterocycles. The zero-order chi connectivity index (χ0) is 17.1. The molecule has 5 atom stereocenters. The zero-order valence-corrected chi connectivity index (χ0v) is 14.3. The van der Waals surface area contributed by atoms with Crippen molar-refractivity contribution in [1.82, 2.24) is 0 Å². The Hall–Kier alpha value is -1.92. The summed E-state index contributed by atoms with van der Waals surface area (Å²) in [5.74, 6) is -2.71. The second kappa shape index (κ2) is 5.29. The number of carboxylic acids is 1. The van der Waals surface area contributed by atoms with Crippen LogP contribution in [-0.4, -0.2) is 34.7 Å². The van der Waals surface area contributed by atoms with E-state index in [4.69, 9.17) is 4.74 Å². The fourth-order valence-corrected chi connectivity index (χ4v) is 4.55. The summed E-state index contributed by atoms with van der Waals surface area (Å²) in [6.07, 6.45) is 5.41. The summed E-state index contributed by atoms with van der Waals surface area (Å²) in [7, 11) is 0. The van der Waals surface area contributed by atoms with Gasteiger partial charge in [0.15, 0.2) is 0 Å². The lowest BCUT2D eigenvalue weighted by molar-refractivity contribution is -0.146. The number of carbonyl (C=O) groups is 2. The Balaban J connectivity index is 1.83. The molecule has 1 amide bonds. The predicted molar refractivity (Wildman–Crippen MR) is 91.6 cm³/mol. The van der Waals surface area contributed by atoms with Gasteiger partial charge in [-0.15, -0.1) is 6.58 Å². The molecule has 0 aliphatic carbocycles. The van der Waals surface area contributed by atoms with Crippen molar-refractivity contribution in [2.45, 2.75) is 24.2 Å². The van der Waals surface area contributed by atoms with Crippen LogP contribution in [0.5, 0.6) is 0 Å². The highest BCUT2D eigenvalue weighted by atomic mass is 79.9. The molecule has 3 aliphatic rings. The first kappa shape index (κ1) is 15.6. The van der Waals surface area contributed by atoms with E-state index in [2.05, 4.69) is 22.5 Å². The van der Waals surface area contributed by atoms with Crippen LogP contribution in [0, 0.1) is 11.8 Å². The third kappa shape index (κ3) is 1.90. The Morgan fingerprint density at radius 2 is 2.12 bits per heavy atom. The third-order valence-electron chi connectivity index (χ3n) is 5.20. The van der Waals surface area contributed by atoms with Gasteiger partial charge in [0.25, 0.3) is 0 Å². The Kier molecular flexibility index (Phi) is 3.44. The number of fused-ring (bicyclic) bond motifs is 1. The number of aliphatic carboxylic acids is 1. The van der Waals surface area contributed by atoms with Gasteiger partial charge in [0, 0.05) is 10.2 Å². The number of hydrogen-bond acceptors (Lipinski definition) is 3. The molecule has 1 N–H and O–H groups in total. The van der Waals surface area contributed by atoms with Crippen LogP contribution in [0.25, 0.3) is 0 Å². The van der Waals surface area contributed by atoms with Crippen LogP contribution in [0.2, 0.25) is 0 Å². The molecular weight excluding hydrogens is 374 g/mol. The lowest BCUT2D eigenvalue weighted by Gasteiger charge is -2.32. The maximum Gasteiger partial charge on any atom is 0.310 e. The van der Waals surface area contributed by atoms with Gasteiger partial charge in [-0.25, -0.2) is 0 Å². The smallest absolute Gasteiger partial charge is 0.310 e. The molecule has 2 bridgehead atoms. The molecule has 6 heteroatoms. The van der Waals surface area contributed by atoms with E-state index in [0.717, 1.165) is 10.2 Å². The number of nitrogens with zero attached hydrogens (tertiary/aromatic N) is 1. The molecule has 1 aromatic rings. The number of carboxylic acid groups (broad SMARTS) is 1. The fourth-order valence-electron chi connectivity index (χ4n) is 4.29. The van der Waals surface area contributed by atoms with Crippen molar-refractivity contribution in [2.75, 3.05) is 4.90 Å². The maximum atomic E-state index is 13.2. The SMILES string of the molecule is C=CC[C@H]1N(c2ccc(Br)cc2)C(=O)[C@H]2[C@H](C(=O)O)[C@H]3C=C[C@]21O3. The summed E-state index contributed by atoms with van der Waals surface area (Å²) in [5.41, 5.74) is -0.144. The zero-order valence-electron chi connectivity index (χ0n) is 12.8. The predicted octanol–water partition coefficient (Wildman–Crippen LogP) is 2.76. The second-order valence-corrected chi connectivity index (χ2v) is 7.28. The fraction of sp³-hybridized carbons (Fsp3) is 0.333. The van der Waals surface area contributed by atoms with E-state index in [9.17, 15) is 14.7 Å². The Morgan fingerprint density at radius 3 is 2.75 bits per heavy atom. The van der Waals surface area contributed by atoms with Crippen LogP contribution in [0.3, 0.4) is 0 Å². The molecule has 4 rings (SSSR count). The highest BCUT2D eigenvalue weighted by Gasteiger charge is 2.71. The van der Waals surface area contributed by atoms with E-state index in [1.54, 1.807) is 17.1 Å². The molecule has 0 saturated carbocycles. The van der Waals surface area contributed by atoms with Gasteiger partial charge < -0.3 is 14.7 Å². The van der Waals surface area contributed by atoms with Crippen LogP contribution >= 0.6 is 15.9 Å². The summed E-state index contributed by atoms with van der Waals surface area (Å²) in [5, 5.41) is 9.60. The lowest BCUT2D eigenvalue weighted by atomic mass is 9.74. The molecule has 3 aliphatic heterocycles. The minimum Gasteiger partial charge on any atom is -0.481 e. The van der Waals surface area contributed by atoms with Crippen LogP contribution in [0.15, 0.2) is 53.5 Å². The van der Waals surface area contributed by atoms with Crippen molar-refractivity contribution in [3.63, 3.8) is 0 Å². The van der Waals surface area contributed by atoms with Gasteiger partial charge >= 0.3 is 5.97 Å². The number of ether oxygens (including phenoxy) is 1. The van der Waals surface area contributed by atoms with Crippen LogP contribution in [-0.2, 0) is 14.3 Å². The number of carbonyl (C=O) groups excluding carboxylic acids is 1. The molecule has 124 valence electrons. The van der Waals surface area contributed by atoms with Crippen molar-refractivity contribution in [3.8, 4) is 0 Å². The van der Waals surface area contributed by atoms with Gasteiger partial charge in [-0.1, -0.05) is 34.2 Å². The molecule has 5 nitrogen and oxygen atoms in total. The summed E-state index contributed by atoms with van der Waals surface area (Å²) >= 11 is 3.39. The number of halogens is 1. The third-order valence-corrected chi connectivity index (χ3v) is 5.73. The average molecular weight is 390 g/mol. The van der Waals surface area contributed by atoms with E-state index in [0.29, 0.717) is 6.42 Å². The lowest BCUT2D eigenvalue weighted by Crippen LogP contribution is -2.45. The van der Waals surface area contributed by atoms with E-state index in [1.165, 1.54) is 0 Å². The summed E-state index contributed by atoms with van der Waals surface area (Å²) in [6.45, 7) is 3.80. The molecule has 24 heavy (non-hydrogen) atoms. The van der Waals surface area contributed by atoms with Gasteiger partial charge in [-0.05, 0) is 30.7 Å². The first-order valence-corrected chi connectivity index (χ1v) is 8.58. The molecule has 0 aromatic heterocycles. The summed E-state index contributed by atoms with van der Waals surface area (Å²) in [4.78, 5) is 26.6. The number of anilines is 1. The summed E-state index contributed by atoms with van der Waals surface area (Å²) in [6, 6.07) is 7.13. The minimum absolute atomic E-state index is 0.191. The van der Waals surface area contributed by atoms with Gasteiger partial charge in [-0.3, -0.25) is 9.59 Å². The standard InChI is InChI=1S/C18H16BrNO4/c1-2-3-13-18-9-8-12(24-18)14(17(22)23)15(18)16(21)20(13)11-6-4-10(19)5-7-11/h2,4-9,12-15H,1,3H2,(H,22,23)/t12-,13-,14-,15-,18-/m1/s1. The number of hydrogen-bond donors (Lipinski definition) is 1. The Bertz CT molecular complexity index is 759. The second-order valence-electron chi connectivity index (χ2n) is 6.36. The molecule has 1 aromatic carbocycles. The number of benzene rings is 1. The van der Waals surface area contributed by atoms with Crippen molar-refractivity contribution in [3.05, 3.63) is 53.5 Å². The molecular formula is C18H16BrNO4. The average Bonchev–Trinajstić information content (AvgIpc) is 3.18. The summed E-state index contributed by atoms with van der Waals surface area (Å²) < 4.78 is 6.97. The maximum absolute atomic E-state index is 13.2.